The van der Waals surface area contributed by atoms with Crippen molar-refractivity contribution in [3.63, 3.8) is 0 Å². The number of nitrogens with two attached hydrogens (primary N) is 1. The summed E-state index contributed by atoms with van der Waals surface area (Å²) in [6.07, 6.45) is 1.58. The van der Waals surface area contributed by atoms with Gasteiger partial charge in [0.1, 0.15) is 4.60 Å². The predicted octanol–water partition coefficient (Wildman–Crippen LogP) is 1.72. The molecule has 7 heteroatoms. The van der Waals surface area contributed by atoms with Gasteiger partial charge in [-0.3, -0.25) is 9.48 Å². The SMILES string of the molecule is Cc1nc(Br)ccc1NC(=O)c1nn(C)cc1N. The van der Waals surface area contributed by atoms with E-state index in [9.17, 15) is 4.79 Å². The van der Waals surface area contributed by atoms with Crippen LogP contribution in [0, 0.1) is 6.92 Å². The topological polar surface area (TPSA) is 85.8 Å². The Hall–Kier alpha value is -1.89. The molecule has 2 aromatic rings. The second kappa shape index (κ2) is 4.77. The summed E-state index contributed by atoms with van der Waals surface area (Å²) < 4.78 is 2.21. The van der Waals surface area contributed by atoms with Gasteiger partial charge in [-0.1, -0.05) is 0 Å². The zero-order valence-electron chi connectivity index (χ0n) is 9.94. The Morgan fingerprint density at radius 1 is 1.50 bits per heavy atom. The Bertz CT molecular complexity index is 607. The van der Waals surface area contributed by atoms with Crippen LogP contribution >= 0.6 is 15.9 Å². The first-order valence-corrected chi connectivity index (χ1v) is 6.00. The third-order valence-corrected chi connectivity index (χ3v) is 2.81. The van der Waals surface area contributed by atoms with Gasteiger partial charge in [0.15, 0.2) is 5.69 Å². The van der Waals surface area contributed by atoms with Gasteiger partial charge in [-0.05, 0) is 35.0 Å². The molecular formula is C11H12BrN5O. The van der Waals surface area contributed by atoms with Gasteiger partial charge in [-0.25, -0.2) is 4.98 Å². The molecule has 0 atom stereocenters. The van der Waals surface area contributed by atoms with Crippen LogP contribution in [0.25, 0.3) is 0 Å². The van der Waals surface area contributed by atoms with Crippen LogP contribution in [0.4, 0.5) is 11.4 Å². The Labute approximate surface area is 112 Å². The van der Waals surface area contributed by atoms with E-state index >= 15 is 0 Å². The van der Waals surface area contributed by atoms with E-state index in [1.54, 1.807) is 25.4 Å². The van der Waals surface area contributed by atoms with Gasteiger partial charge in [-0.2, -0.15) is 5.10 Å². The molecular weight excluding hydrogens is 298 g/mol. The number of hydrogen-bond donors (Lipinski definition) is 2. The minimum absolute atomic E-state index is 0.208. The molecule has 0 radical (unpaired) electrons. The maximum atomic E-state index is 12.0. The molecule has 2 heterocycles. The minimum Gasteiger partial charge on any atom is -0.396 e. The number of nitrogens with zero attached hydrogens (tertiary/aromatic N) is 3. The molecule has 94 valence electrons. The number of aryl methyl sites for hydroxylation is 2. The fourth-order valence-electron chi connectivity index (χ4n) is 1.53. The Morgan fingerprint density at radius 3 is 2.78 bits per heavy atom. The smallest absolute Gasteiger partial charge is 0.278 e. The second-order valence-corrected chi connectivity index (χ2v) is 4.64. The Morgan fingerprint density at radius 2 is 2.22 bits per heavy atom. The summed E-state index contributed by atoms with van der Waals surface area (Å²) in [5.74, 6) is -0.347. The molecule has 0 bridgehead atoms. The van der Waals surface area contributed by atoms with Gasteiger partial charge in [0.05, 0.1) is 17.1 Å². The van der Waals surface area contributed by atoms with Crippen LogP contribution in [0.1, 0.15) is 16.2 Å². The van der Waals surface area contributed by atoms with E-state index in [1.165, 1.54) is 4.68 Å². The van der Waals surface area contributed by atoms with E-state index in [2.05, 4.69) is 31.3 Å². The number of nitrogen functional groups attached to an aromatic ring is 1. The van der Waals surface area contributed by atoms with Gasteiger partial charge in [-0.15, -0.1) is 0 Å². The lowest BCUT2D eigenvalue weighted by molar-refractivity contribution is 0.102. The molecule has 0 aliphatic carbocycles. The highest BCUT2D eigenvalue weighted by Crippen LogP contribution is 2.18. The minimum atomic E-state index is -0.347. The number of rotatable bonds is 2. The molecule has 0 aromatic carbocycles. The van der Waals surface area contributed by atoms with Crippen molar-refractivity contribution in [1.82, 2.24) is 14.8 Å². The summed E-state index contributed by atoms with van der Waals surface area (Å²) in [5.41, 5.74) is 7.59. The van der Waals surface area contributed by atoms with Gasteiger partial charge in [0.2, 0.25) is 0 Å². The van der Waals surface area contributed by atoms with Crippen molar-refractivity contribution in [3.8, 4) is 0 Å². The maximum Gasteiger partial charge on any atom is 0.278 e. The molecule has 0 spiro atoms. The number of amides is 1. The Kier molecular flexibility index (Phi) is 3.33. The lowest BCUT2D eigenvalue weighted by Gasteiger charge is -2.06. The average molecular weight is 310 g/mol. The Balaban J connectivity index is 2.24. The van der Waals surface area contributed by atoms with Crippen LogP contribution in [-0.2, 0) is 7.05 Å². The molecule has 1 amide bonds. The van der Waals surface area contributed by atoms with Gasteiger partial charge in [0.25, 0.3) is 5.91 Å². The van der Waals surface area contributed by atoms with Crippen LogP contribution < -0.4 is 11.1 Å². The summed E-state index contributed by atoms with van der Waals surface area (Å²) in [5, 5.41) is 6.73. The fraction of sp³-hybridized carbons (Fsp3) is 0.182. The van der Waals surface area contributed by atoms with Crippen LogP contribution in [0.2, 0.25) is 0 Å². The third kappa shape index (κ3) is 2.51. The first kappa shape index (κ1) is 12.6. The lowest BCUT2D eigenvalue weighted by Crippen LogP contribution is -2.15. The molecule has 0 aliphatic rings. The molecule has 2 aromatic heterocycles. The van der Waals surface area contributed by atoms with E-state index in [0.29, 0.717) is 17.1 Å². The molecule has 0 unspecified atom stereocenters. The average Bonchev–Trinajstić information content (AvgIpc) is 2.62. The molecule has 0 saturated carbocycles. The predicted molar refractivity (Wildman–Crippen MR) is 72.2 cm³/mol. The summed E-state index contributed by atoms with van der Waals surface area (Å²) in [6, 6.07) is 3.52. The molecule has 6 nitrogen and oxygen atoms in total. The lowest BCUT2D eigenvalue weighted by atomic mass is 10.3. The van der Waals surface area contributed by atoms with E-state index < -0.39 is 0 Å². The van der Waals surface area contributed by atoms with Crippen LogP contribution in [0.3, 0.4) is 0 Å². The van der Waals surface area contributed by atoms with E-state index in [0.717, 1.165) is 4.60 Å². The van der Waals surface area contributed by atoms with Crippen molar-refractivity contribution < 1.29 is 4.79 Å². The molecule has 2 rings (SSSR count). The zero-order valence-corrected chi connectivity index (χ0v) is 11.5. The van der Waals surface area contributed by atoms with Crippen molar-refractivity contribution in [1.29, 1.82) is 0 Å². The number of nitrogens with one attached hydrogen (secondary N) is 1. The van der Waals surface area contributed by atoms with Crippen LogP contribution in [0.5, 0.6) is 0 Å². The van der Waals surface area contributed by atoms with E-state index in [1.807, 2.05) is 6.92 Å². The normalized spacial score (nSPS) is 10.4. The van der Waals surface area contributed by atoms with Crippen LogP contribution in [-0.4, -0.2) is 20.7 Å². The number of aromatic nitrogens is 3. The summed E-state index contributed by atoms with van der Waals surface area (Å²) >= 11 is 3.26. The van der Waals surface area contributed by atoms with Crippen molar-refractivity contribution in [2.75, 3.05) is 11.1 Å². The van der Waals surface area contributed by atoms with Gasteiger partial charge < -0.3 is 11.1 Å². The number of anilines is 2. The summed E-state index contributed by atoms with van der Waals surface area (Å²) in [7, 11) is 1.71. The highest BCUT2D eigenvalue weighted by molar-refractivity contribution is 9.10. The van der Waals surface area contributed by atoms with E-state index in [4.69, 9.17) is 5.73 Å². The molecule has 0 saturated heterocycles. The maximum absolute atomic E-state index is 12.0. The van der Waals surface area contributed by atoms with Crippen molar-refractivity contribution in [3.05, 3.63) is 34.3 Å². The second-order valence-electron chi connectivity index (χ2n) is 3.83. The van der Waals surface area contributed by atoms with E-state index in [-0.39, 0.29) is 11.6 Å². The fourth-order valence-corrected chi connectivity index (χ4v) is 1.93. The number of carbonyl (C=O) groups excluding carboxylic acids is 1. The highest BCUT2D eigenvalue weighted by Gasteiger charge is 2.15. The summed E-state index contributed by atoms with van der Waals surface area (Å²) in [6.45, 7) is 1.81. The summed E-state index contributed by atoms with van der Waals surface area (Å²) in [4.78, 5) is 16.2. The van der Waals surface area contributed by atoms with Crippen molar-refractivity contribution >= 4 is 33.2 Å². The third-order valence-electron chi connectivity index (χ3n) is 2.37. The quantitative estimate of drug-likeness (QED) is 0.827. The molecule has 3 N–H and O–H groups in total. The molecule has 0 aliphatic heterocycles. The molecule has 18 heavy (non-hydrogen) atoms. The number of halogens is 1. The standard InChI is InChI=1S/C11H12BrN5O/c1-6-8(3-4-9(12)14-6)15-11(18)10-7(13)5-17(2)16-10/h3-5H,13H2,1-2H3,(H,15,18). The zero-order chi connectivity index (χ0) is 13.3. The van der Waals surface area contributed by atoms with Gasteiger partial charge >= 0.3 is 0 Å². The molecule has 0 fully saturated rings. The first-order valence-electron chi connectivity index (χ1n) is 5.21. The highest BCUT2D eigenvalue weighted by atomic mass is 79.9. The number of hydrogen-bond acceptors (Lipinski definition) is 4. The largest absolute Gasteiger partial charge is 0.396 e. The number of carbonyl (C=O) groups is 1. The van der Waals surface area contributed by atoms with Crippen LogP contribution in [0.15, 0.2) is 22.9 Å². The monoisotopic (exact) mass is 309 g/mol. The van der Waals surface area contributed by atoms with Gasteiger partial charge in [0, 0.05) is 13.2 Å². The first-order chi connectivity index (χ1) is 8.47. The van der Waals surface area contributed by atoms with Crippen molar-refractivity contribution in [2.24, 2.45) is 7.05 Å². The number of pyridine rings is 1. The van der Waals surface area contributed by atoms with Crippen molar-refractivity contribution in [2.45, 2.75) is 6.92 Å².